The Bertz CT molecular complexity index is 113. The molecule has 0 fully saturated rings. The molecule has 0 saturated heterocycles. The van der Waals surface area contributed by atoms with E-state index in [1.165, 1.54) is 0 Å². The first-order valence-electron chi connectivity index (χ1n) is 3.39. The van der Waals surface area contributed by atoms with Crippen molar-refractivity contribution in [3.05, 3.63) is 12.2 Å². The molecule has 0 aromatic carbocycles. The molecular weight excluding hydrogens is 160 g/mol. The monoisotopic (exact) mass is 175 g/mol. The van der Waals surface area contributed by atoms with Crippen molar-refractivity contribution < 1.29 is 13.3 Å². The third-order valence-corrected chi connectivity index (χ3v) is 4.06. The molecule has 0 aromatic heterocycles. The van der Waals surface area contributed by atoms with E-state index in [9.17, 15) is 0 Å². The minimum Gasteiger partial charge on any atom is -0.377 e. The molecule has 0 rings (SSSR count). The summed E-state index contributed by atoms with van der Waals surface area (Å²) in [6, 6.07) is 0.674. The summed E-state index contributed by atoms with van der Waals surface area (Å²) in [5, 5.41) is 0. The molecule has 0 spiro atoms. The zero-order chi connectivity index (χ0) is 8.74. The number of hydrogen-bond donors (Lipinski definition) is 0. The van der Waals surface area contributed by atoms with Gasteiger partial charge in [0.25, 0.3) is 0 Å². The molecule has 0 N–H and O–H groups in total. The van der Waals surface area contributed by atoms with Crippen LogP contribution in [0.4, 0.5) is 0 Å². The highest BCUT2D eigenvalue weighted by Crippen LogP contribution is 2.12. The van der Waals surface area contributed by atoms with E-state index in [1.54, 1.807) is 21.3 Å². The fraction of sp³-hybridized carbons (Fsp3) is 0.714. The van der Waals surface area contributed by atoms with E-state index in [4.69, 9.17) is 13.3 Å². The molecule has 0 aromatic rings. The molecule has 4 heteroatoms. The average Bonchev–Trinajstić information content (AvgIpc) is 2.08. The first kappa shape index (κ1) is 10.8. The normalized spacial score (nSPS) is 12.7. The molecule has 0 unspecified atom stereocenters. The maximum absolute atomic E-state index is 5.16. The van der Waals surface area contributed by atoms with Crippen LogP contribution in [-0.2, 0) is 13.3 Å². The highest BCUT2D eigenvalue weighted by atomic mass is 28.4. The Morgan fingerprint density at radius 3 is 1.91 bits per heavy atom. The molecule has 65 valence electrons. The molecular formula is C7H15O3Si. The van der Waals surface area contributed by atoms with Crippen molar-refractivity contribution in [3.63, 3.8) is 0 Å². The standard InChI is InChI=1S/C7H15O3Si/c1-5-6-7-11(8-2,9-3)10-4/h6H,7H2,1-4H3. The third-order valence-electron chi connectivity index (χ3n) is 1.49. The van der Waals surface area contributed by atoms with E-state index in [-0.39, 0.29) is 0 Å². The van der Waals surface area contributed by atoms with Crippen LogP contribution < -0.4 is 0 Å². The summed E-state index contributed by atoms with van der Waals surface area (Å²) in [7, 11) is 2.44. The largest absolute Gasteiger partial charge is 0.504 e. The lowest BCUT2D eigenvalue weighted by molar-refractivity contribution is 0.127. The molecule has 0 aliphatic rings. The maximum atomic E-state index is 5.16. The summed E-state index contributed by atoms with van der Waals surface area (Å²) >= 11 is 0. The second-order valence-corrected chi connectivity index (χ2v) is 4.99. The first-order chi connectivity index (χ1) is 5.24. The molecule has 11 heavy (non-hydrogen) atoms. The minimum atomic E-state index is -2.36. The molecule has 0 saturated carbocycles. The lowest BCUT2D eigenvalue weighted by Crippen LogP contribution is -2.42. The summed E-state index contributed by atoms with van der Waals surface area (Å²) in [6.07, 6.45) is 4.76. The van der Waals surface area contributed by atoms with Gasteiger partial charge in [0, 0.05) is 27.4 Å². The van der Waals surface area contributed by atoms with Gasteiger partial charge in [-0.1, -0.05) is 12.2 Å². The fourth-order valence-corrected chi connectivity index (χ4v) is 2.18. The van der Waals surface area contributed by atoms with Crippen molar-refractivity contribution in [2.45, 2.75) is 13.0 Å². The number of rotatable bonds is 5. The molecule has 0 amide bonds. The van der Waals surface area contributed by atoms with Crippen molar-refractivity contribution in [1.29, 1.82) is 0 Å². The summed E-state index contributed by atoms with van der Waals surface area (Å²) in [5.41, 5.74) is 0. The Morgan fingerprint density at radius 1 is 1.18 bits per heavy atom. The van der Waals surface area contributed by atoms with Gasteiger partial charge in [-0.2, -0.15) is 0 Å². The topological polar surface area (TPSA) is 27.7 Å². The van der Waals surface area contributed by atoms with Crippen LogP contribution in [0.25, 0.3) is 0 Å². The van der Waals surface area contributed by atoms with Gasteiger partial charge in [-0.3, -0.25) is 0 Å². The van der Waals surface area contributed by atoms with Crippen LogP contribution in [0.2, 0.25) is 6.04 Å². The van der Waals surface area contributed by atoms with Gasteiger partial charge in [0.2, 0.25) is 0 Å². The summed E-state index contributed by atoms with van der Waals surface area (Å²) in [5.74, 6) is 0. The van der Waals surface area contributed by atoms with Gasteiger partial charge in [-0.05, 0) is 6.92 Å². The Kier molecular flexibility index (Phi) is 5.40. The van der Waals surface area contributed by atoms with Crippen molar-refractivity contribution in [3.8, 4) is 0 Å². The molecule has 0 aliphatic carbocycles. The van der Waals surface area contributed by atoms with Crippen molar-refractivity contribution in [2.75, 3.05) is 21.3 Å². The average molecular weight is 175 g/mol. The smallest absolute Gasteiger partial charge is 0.377 e. The van der Waals surface area contributed by atoms with Gasteiger partial charge in [-0.25, -0.2) is 0 Å². The Morgan fingerprint density at radius 2 is 1.64 bits per heavy atom. The van der Waals surface area contributed by atoms with Crippen molar-refractivity contribution in [2.24, 2.45) is 0 Å². The highest BCUT2D eigenvalue weighted by molar-refractivity contribution is 6.61. The van der Waals surface area contributed by atoms with Crippen LogP contribution >= 0.6 is 0 Å². The second-order valence-electron chi connectivity index (χ2n) is 1.99. The van der Waals surface area contributed by atoms with E-state index < -0.39 is 8.80 Å². The predicted molar refractivity (Wildman–Crippen MR) is 45.1 cm³/mol. The van der Waals surface area contributed by atoms with Gasteiger partial charge < -0.3 is 13.3 Å². The van der Waals surface area contributed by atoms with Crippen LogP contribution in [0.5, 0.6) is 0 Å². The maximum Gasteiger partial charge on any atom is 0.504 e. The molecule has 3 nitrogen and oxygen atoms in total. The quantitative estimate of drug-likeness (QED) is 0.588. The minimum absolute atomic E-state index is 0.674. The van der Waals surface area contributed by atoms with Gasteiger partial charge in [0.05, 0.1) is 0 Å². The van der Waals surface area contributed by atoms with Gasteiger partial charge >= 0.3 is 8.80 Å². The van der Waals surface area contributed by atoms with E-state index in [0.717, 1.165) is 0 Å². The van der Waals surface area contributed by atoms with Gasteiger partial charge in [0.1, 0.15) is 0 Å². The van der Waals surface area contributed by atoms with Crippen LogP contribution in [0.15, 0.2) is 6.08 Å². The third kappa shape index (κ3) is 3.16. The van der Waals surface area contributed by atoms with Crippen molar-refractivity contribution >= 4 is 8.80 Å². The molecule has 0 bridgehead atoms. The zero-order valence-electron chi connectivity index (χ0n) is 7.51. The predicted octanol–water partition coefficient (Wildman–Crippen LogP) is 1.24. The van der Waals surface area contributed by atoms with Gasteiger partial charge in [0.15, 0.2) is 0 Å². The molecule has 0 heterocycles. The molecule has 0 aliphatic heterocycles. The lowest BCUT2D eigenvalue weighted by Gasteiger charge is -2.22. The SMILES string of the molecule is C[C]=CC[Si](OC)(OC)OC. The molecule has 0 atom stereocenters. The van der Waals surface area contributed by atoms with Crippen LogP contribution in [-0.4, -0.2) is 30.1 Å². The fourth-order valence-electron chi connectivity index (χ4n) is 0.727. The summed E-state index contributed by atoms with van der Waals surface area (Å²) < 4.78 is 15.5. The van der Waals surface area contributed by atoms with Crippen LogP contribution in [0.1, 0.15) is 6.92 Å². The Hall–Kier alpha value is -0.163. The second kappa shape index (κ2) is 5.48. The zero-order valence-corrected chi connectivity index (χ0v) is 8.51. The highest BCUT2D eigenvalue weighted by Gasteiger charge is 2.35. The first-order valence-corrected chi connectivity index (χ1v) is 5.32. The van der Waals surface area contributed by atoms with Crippen molar-refractivity contribution in [1.82, 2.24) is 0 Å². The summed E-state index contributed by atoms with van der Waals surface area (Å²) in [4.78, 5) is 0. The van der Waals surface area contributed by atoms with E-state index in [1.807, 2.05) is 13.0 Å². The van der Waals surface area contributed by atoms with Crippen LogP contribution in [0.3, 0.4) is 0 Å². The van der Waals surface area contributed by atoms with Crippen LogP contribution in [0, 0.1) is 6.08 Å². The van der Waals surface area contributed by atoms with E-state index >= 15 is 0 Å². The Balaban J connectivity index is 4.04. The number of hydrogen-bond acceptors (Lipinski definition) is 3. The van der Waals surface area contributed by atoms with E-state index in [0.29, 0.717) is 6.04 Å². The Labute approximate surface area is 69.3 Å². The lowest BCUT2D eigenvalue weighted by atomic mass is 10.6. The summed E-state index contributed by atoms with van der Waals surface area (Å²) in [6.45, 7) is 1.83. The van der Waals surface area contributed by atoms with Gasteiger partial charge in [-0.15, -0.1) is 0 Å². The molecule has 1 radical (unpaired) electrons. The number of allylic oxidation sites excluding steroid dienone is 2. The van der Waals surface area contributed by atoms with E-state index in [2.05, 4.69) is 6.08 Å².